The Kier molecular flexibility index (Phi) is 5.41. The van der Waals surface area contributed by atoms with E-state index in [-0.39, 0.29) is 5.97 Å². The highest BCUT2D eigenvalue weighted by Gasteiger charge is 2.53. The largest absolute Gasteiger partial charge is 0.492 e. The first kappa shape index (κ1) is 17.2. The summed E-state index contributed by atoms with van der Waals surface area (Å²) in [5, 5.41) is 11.0. The summed E-state index contributed by atoms with van der Waals surface area (Å²) in [5.74, 6) is 0.894. The highest BCUT2D eigenvalue weighted by Crippen LogP contribution is 2.42. The zero-order valence-electron chi connectivity index (χ0n) is 14.3. The molecule has 1 aromatic rings. The molecule has 5 heteroatoms. The van der Waals surface area contributed by atoms with Gasteiger partial charge in [0, 0.05) is 6.42 Å². The molecule has 5 nitrogen and oxygen atoms in total. The van der Waals surface area contributed by atoms with Crippen LogP contribution in [0.2, 0.25) is 0 Å². The maximum atomic E-state index is 11.9. The molecular weight excluding hydrogens is 306 g/mol. The van der Waals surface area contributed by atoms with Crippen LogP contribution < -0.4 is 4.74 Å². The molecule has 0 spiro atoms. The fourth-order valence-corrected chi connectivity index (χ4v) is 4.12. The third-order valence-corrected chi connectivity index (χ3v) is 5.47. The van der Waals surface area contributed by atoms with Crippen LogP contribution in [0.4, 0.5) is 0 Å². The van der Waals surface area contributed by atoms with Crippen molar-refractivity contribution in [2.24, 2.45) is 5.92 Å². The number of rotatable bonds is 7. The molecule has 132 valence electrons. The van der Waals surface area contributed by atoms with E-state index >= 15 is 0 Å². The topological polar surface area (TPSA) is 59.0 Å². The predicted molar refractivity (Wildman–Crippen MR) is 90.8 cm³/mol. The van der Waals surface area contributed by atoms with Crippen LogP contribution in [0, 0.1) is 5.92 Å². The first-order valence-electron chi connectivity index (χ1n) is 8.92. The summed E-state index contributed by atoms with van der Waals surface area (Å²) < 4.78 is 11.1. The van der Waals surface area contributed by atoms with Crippen molar-refractivity contribution < 1.29 is 19.4 Å². The zero-order chi connectivity index (χ0) is 17.0. The summed E-state index contributed by atoms with van der Waals surface area (Å²) in [6.07, 6.45) is 2.46. The quantitative estimate of drug-likeness (QED) is 0.776. The number of hydrogen-bond donors (Lipinski definition) is 1. The predicted octanol–water partition coefficient (Wildman–Crippen LogP) is 2.23. The average Bonchev–Trinajstić information content (AvgIpc) is 2.63. The van der Waals surface area contributed by atoms with Crippen LogP contribution in [0.15, 0.2) is 30.3 Å². The van der Waals surface area contributed by atoms with E-state index in [2.05, 4.69) is 4.90 Å². The molecule has 3 aliphatic rings. The molecular formula is C19H27NO4. The Morgan fingerprint density at radius 1 is 1.29 bits per heavy atom. The molecule has 3 aliphatic heterocycles. The highest BCUT2D eigenvalue weighted by molar-refractivity contribution is 5.69. The molecule has 0 aliphatic carbocycles. The second kappa shape index (κ2) is 7.53. The minimum Gasteiger partial charge on any atom is -0.492 e. The average molecular weight is 333 g/mol. The Morgan fingerprint density at radius 2 is 2.00 bits per heavy atom. The molecule has 3 fully saturated rings. The van der Waals surface area contributed by atoms with Crippen molar-refractivity contribution in [1.82, 2.24) is 4.90 Å². The molecule has 0 aromatic heterocycles. The maximum Gasteiger partial charge on any atom is 0.305 e. The van der Waals surface area contributed by atoms with Crippen molar-refractivity contribution in [2.75, 3.05) is 26.3 Å². The fourth-order valence-electron chi connectivity index (χ4n) is 4.12. The fraction of sp³-hybridized carbons (Fsp3) is 0.632. The summed E-state index contributed by atoms with van der Waals surface area (Å²) in [6, 6.07) is 9.66. The van der Waals surface area contributed by atoms with Crippen LogP contribution in [0.1, 0.15) is 32.6 Å². The number of hydrogen-bond acceptors (Lipinski definition) is 5. The van der Waals surface area contributed by atoms with Gasteiger partial charge < -0.3 is 14.6 Å². The van der Waals surface area contributed by atoms with Gasteiger partial charge in [0.1, 0.15) is 12.4 Å². The summed E-state index contributed by atoms with van der Waals surface area (Å²) in [7, 11) is 0. The maximum absolute atomic E-state index is 11.9. The van der Waals surface area contributed by atoms with Crippen molar-refractivity contribution >= 4 is 5.97 Å². The van der Waals surface area contributed by atoms with Gasteiger partial charge in [-0.15, -0.1) is 0 Å². The number of carbonyl (C=O) groups excluding carboxylic acids is 1. The molecule has 2 unspecified atom stereocenters. The van der Waals surface area contributed by atoms with E-state index in [1.54, 1.807) is 0 Å². The Bertz CT molecular complexity index is 538. The van der Waals surface area contributed by atoms with Crippen LogP contribution in [0.3, 0.4) is 0 Å². The number of benzene rings is 1. The molecule has 1 aromatic carbocycles. The SMILES string of the molecule is CCOC(=O)CCC1(COc2ccccc2)C(O)C2CCN1CC2. The molecule has 4 rings (SSSR count). The molecule has 24 heavy (non-hydrogen) atoms. The van der Waals surface area contributed by atoms with Crippen LogP contribution >= 0.6 is 0 Å². The second-order valence-electron chi connectivity index (χ2n) is 6.78. The third-order valence-electron chi connectivity index (χ3n) is 5.47. The minimum absolute atomic E-state index is 0.202. The number of esters is 1. The number of piperidine rings is 3. The van der Waals surface area contributed by atoms with Crippen LogP contribution in [-0.4, -0.2) is 53.9 Å². The molecule has 3 saturated heterocycles. The van der Waals surface area contributed by atoms with Gasteiger partial charge in [-0.05, 0) is 57.3 Å². The minimum atomic E-state index is -0.496. The summed E-state index contributed by atoms with van der Waals surface area (Å²) in [4.78, 5) is 14.2. The zero-order valence-corrected chi connectivity index (χ0v) is 14.3. The summed E-state index contributed by atoms with van der Waals surface area (Å²) >= 11 is 0. The Labute approximate surface area is 143 Å². The molecule has 1 N–H and O–H groups in total. The van der Waals surface area contributed by atoms with Gasteiger partial charge >= 0.3 is 5.97 Å². The van der Waals surface area contributed by atoms with E-state index in [1.807, 2.05) is 37.3 Å². The molecule has 0 saturated carbocycles. The smallest absolute Gasteiger partial charge is 0.305 e. The van der Waals surface area contributed by atoms with Gasteiger partial charge in [0.25, 0.3) is 0 Å². The normalized spacial score (nSPS) is 31.7. The molecule has 3 heterocycles. The molecule has 0 amide bonds. The van der Waals surface area contributed by atoms with Gasteiger partial charge in [-0.2, -0.15) is 0 Å². The lowest BCUT2D eigenvalue weighted by atomic mass is 9.70. The van der Waals surface area contributed by atoms with Crippen LogP contribution in [0.5, 0.6) is 5.75 Å². The van der Waals surface area contributed by atoms with E-state index in [1.165, 1.54) is 0 Å². The number of ether oxygens (including phenoxy) is 2. The van der Waals surface area contributed by atoms with Gasteiger partial charge in [-0.3, -0.25) is 9.69 Å². The number of nitrogens with zero attached hydrogens (tertiary/aromatic N) is 1. The highest BCUT2D eigenvalue weighted by atomic mass is 16.5. The van der Waals surface area contributed by atoms with Crippen molar-refractivity contribution in [1.29, 1.82) is 0 Å². The van der Waals surface area contributed by atoms with Gasteiger partial charge in [0.15, 0.2) is 0 Å². The molecule has 2 bridgehead atoms. The van der Waals surface area contributed by atoms with E-state index in [9.17, 15) is 9.90 Å². The second-order valence-corrected chi connectivity index (χ2v) is 6.78. The van der Waals surface area contributed by atoms with Gasteiger partial charge in [-0.1, -0.05) is 18.2 Å². The van der Waals surface area contributed by atoms with Crippen LogP contribution in [0.25, 0.3) is 0 Å². The van der Waals surface area contributed by atoms with Crippen molar-refractivity contribution in [2.45, 2.75) is 44.2 Å². The molecule has 0 radical (unpaired) electrons. The van der Waals surface area contributed by atoms with Crippen LogP contribution in [-0.2, 0) is 9.53 Å². The lowest BCUT2D eigenvalue weighted by molar-refractivity contribution is -0.160. The van der Waals surface area contributed by atoms with Gasteiger partial charge in [-0.25, -0.2) is 0 Å². The number of fused-ring (bicyclic) bond motifs is 3. The Morgan fingerprint density at radius 3 is 2.62 bits per heavy atom. The standard InChI is InChI=1S/C19H27NO4/c1-2-23-17(21)8-11-19(14-24-16-6-4-3-5-7-16)18(22)15-9-12-20(19)13-10-15/h3-7,15,18,22H,2,8-14H2,1H3. The lowest BCUT2D eigenvalue weighted by Crippen LogP contribution is -2.69. The Balaban J connectivity index is 1.74. The first-order chi connectivity index (χ1) is 11.7. The summed E-state index contributed by atoms with van der Waals surface area (Å²) in [6.45, 7) is 4.52. The van der Waals surface area contributed by atoms with Gasteiger partial charge in [0.05, 0.1) is 18.2 Å². The van der Waals surface area contributed by atoms with E-state index in [4.69, 9.17) is 9.47 Å². The number of para-hydroxylation sites is 1. The van der Waals surface area contributed by atoms with Crippen molar-refractivity contribution in [3.8, 4) is 5.75 Å². The Hall–Kier alpha value is -1.59. The number of carbonyl (C=O) groups is 1. The van der Waals surface area contributed by atoms with E-state index in [0.29, 0.717) is 32.0 Å². The molecule has 2 atom stereocenters. The van der Waals surface area contributed by atoms with Gasteiger partial charge in [0.2, 0.25) is 0 Å². The number of aliphatic hydroxyl groups is 1. The summed E-state index contributed by atoms with van der Waals surface area (Å²) in [5.41, 5.74) is -0.496. The first-order valence-corrected chi connectivity index (χ1v) is 8.92. The van der Waals surface area contributed by atoms with E-state index in [0.717, 1.165) is 31.7 Å². The van der Waals surface area contributed by atoms with E-state index < -0.39 is 11.6 Å². The number of aliphatic hydroxyl groups excluding tert-OH is 1. The lowest BCUT2D eigenvalue weighted by Gasteiger charge is -2.57. The monoisotopic (exact) mass is 333 g/mol. The van der Waals surface area contributed by atoms with Crippen molar-refractivity contribution in [3.05, 3.63) is 30.3 Å². The van der Waals surface area contributed by atoms with Crippen molar-refractivity contribution in [3.63, 3.8) is 0 Å². The third kappa shape index (κ3) is 3.42.